The maximum Gasteiger partial charge on any atom is 0.319 e. The lowest BCUT2D eigenvalue weighted by Crippen LogP contribution is -2.39. The molecule has 1 atom stereocenters. The van der Waals surface area contributed by atoms with Gasteiger partial charge in [-0.2, -0.15) is 0 Å². The first-order valence-corrected chi connectivity index (χ1v) is 11.1. The molecule has 33 heavy (non-hydrogen) atoms. The van der Waals surface area contributed by atoms with Gasteiger partial charge in [0, 0.05) is 50.3 Å². The number of ether oxygens (including phenoxy) is 2. The number of anilines is 3. The molecular formula is C26H28N4O3. The van der Waals surface area contributed by atoms with E-state index in [0.717, 1.165) is 18.7 Å². The number of nitrogens with zero attached hydrogens (tertiary/aromatic N) is 2. The van der Waals surface area contributed by atoms with Gasteiger partial charge in [0.05, 0.1) is 6.04 Å². The molecule has 7 nitrogen and oxygen atoms in total. The lowest BCUT2D eigenvalue weighted by Gasteiger charge is -2.31. The average molecular weight is 445 g/mol. The van der Waals surface area contributed by atoms with Crippen LogP contribution < -0.4 is 29.9 Å². The van der Waals surface area contributed by atoms with Gasteiger partial charge in [-0.3, -0.25) is 0 Å². The molecule has 3 aromatic rings. The van der Waals surface area contributed by atoms with Crippen molar-refractivity contribution in [3.05, 3.63) is 77.9 Å². The lowest BCUT2D eigenvalue weighted by atomic mass is 10.0. The normalized spacial score (nSPS) is 14.5. The fourth-order valence-electron chi connectivity index (χ4n) is 4.43. The average Bonchev–Trinajstić information content (AvgIpc) is 3.46. The molecule has 0 spiro atoms. The van der Waals surface area contributed by atoms with Crippen molar-refractivity contribution in [1.29, 1.82) is 0 Å². The molecule has 2 aliphatic heterocycles. The number of urea groups is 1. The van der Waals surface area contributed by atoms with E-state index in [1.807, 2.05) is 14.1 Å². The molecule has 170 valence electrons. The van der Waals surface area contributed by atoms with E-state index in [0.29, 0.717) is 23.7 Å². The van der Waals surface area contributed by atoms with Gasteiger partial charge in [0.15, 0.2) is 11.5 Å². The van der Waals surface area contributed by atoms with E-state index >= 15 is 0 Å². The predicted octanol–water partition coefficient (Wildman–Crippen LogP) is 4.41. The molecule has 5 rings (SSSR count). The van der Waals surface area contributed by atoms with Gasteiger partial charge >= 0.3 is 6.03 Å². The van der Waals surface area contributed by atoms with Crippen molar-refractivity contribution in [2.24, 2.45) is 0 Å². The van der Waals surface area contributed by atoms with Crippen LogP contribution >= 0.6 is 0 Å². The van der Waals surface area contributed by atoms with Crippen LogP contribution in [0.3, 0.4) is 0 Å². The Morgan fingerprint density at radius 1 is 1.03 bits per heavy atom. The second kappa shape index (κ2) is 8.94. The Labute approximate surface area is 193 Å². The largest absolute Gasteiger partial charge is 0.454 e. The Morgan fingerprint density at radius 3 is 2.64 bits per heavy atom. The maximum atomic E-state index is 12.7. The van der Waals surface area contributed by atoms with Gasteiger partial charge in [-0.05, 0) is 47.9 Å². The molecule has 0 aliphatic carbocycles. The Bertz CT molecular complexity index is 1150. The minimum Gasteiger partial charge on any atom is -0.454 e. The number of hydrogen-bond donors (Lipinski definition) is 2. The lowest BCUT2D eigenvalue weighted by molar-refractivity contribution is 0.174. The molecule has 7 heteroatoms. The van der Waals surface area contributed by atoms with Crippen LogP contribution in [0.15, 0.2) is 66.7 Å². The number of amides is 2. The van der Waals surface area contributed by atoms with Crippen molar-refractivity contribution >= 4 is 23.1 Å². The summed E-state index contributed by atoms with van der Waals surface area (Å²) in [5.41, 5.74) is 5.55. The van der Waals surface area contributed by atoms with E-state index in [-0.39, 0.29) is 18.9 Å². The molecule has 2 N–H and O–H groups in total. The first kappa shape index (κ1) is 21.0. The highest BCUT2D eigenvalue weighted by Gasteiger charge is 2.27. The number of benzene rings is 3. The molecular weight excluding hydrogens is 416 g/mol. The Balaban J connectivity index is 1.33. The van der Waals surface area contributed by atoms with Gasteiger partial charge in [0.2, 0.25) is 6.79 Å². The summed E-state index contributed by atoms with van der Waals surface area (Å²) >= 11 is 0. The van der Waals surface area contributed by atoms with Crippen molar-refractivity contribution in [2.45, 2.75) is 12.5 Å². The van der Waals surface area contributed by atoms with Crippen LogP contribution in [-0.2, 0) is 6.42 Å². The van der Waals surface area contributed by atoms with Gasteiger partial charge in [-0.15, -0.1) is 0 Å². The number of carbonyl (C=O) groups is 1. The minimum absolute atomic E-state index is 0.0207. The second-order valence-electron chi connectivity index (χ2n) is 8.48. The second-order valence-corrected chi connectivity index (χ2v) is 8.48. The highest BCUT2D eigenvalue weighted by atomic mass is 16.7. The predicted molar refractivity (Wildman–Crippen MR) is 131 cm³/mol. The summed E-state index contributed by atoms with van der Waals surface area (Å²) in [4.78, 5) is 17.2. The fourth-order valence-corrected chi connectivity index (χ4v) is 4.43. The van der Waals surface area contributed by atoms with Crippen molar-refractivity contribution in [2.75, 3.05) is 49.1 Å². The van der Waals surface area contributed by atoms with Crippen molar-refractivity contribution in [1.82, 2.24) is 5.32 Å². The quantitative estimate of drug-likeness (QED) is 0.590. The Morgan fingerprint density at radius 2 is 1.82 bits per heavy atom. The molecule has 0 unspecified atom stereocenters. The van der Waals surface area contributed by atoms with E-state index in [4.69, 9.17) is 9.47 Å². The van der Waals surface area contributed by atoms with Gasteiger partial charge < -0.3 is 29.9 Å². The van der Waals surface area contributed by atoms with Gasteiger partial charge in [0.25, 0.3) is 0 Å². The summed E-state index contributed by atoms with van der Waals surface area (Å²) in [5.74, 6) is 1.33. The van der Waals surface area contributed by atoms with Gasteiger partial charge in [0.1, 0.15) is 0 Å². The fraction of sp³-hybridized carbons (Fsp3) is 0.269. The number of carbonyl (C=O) groups excluding carboxylic acids is 1. The number of fused-ring (bicyclic) bond motifs is 2. The molecule has 3 aromatic carbocycles. The molecule has 0 radical (unpaired) electrons. The minimum atomic E-state index is -0.253. The third kappa shape index (κ3) is 4.39. The first-order chi connectivity index (χ1) is 16.1. The summed E-state index contributed by atoms with van der Waals surface area (Å²) in [6.45, 7) is 1.60. The highest BCUT2D eigenvalue weighted by Crippen LogP contribution is 2.36. The smallest absolute Gasteiger partial charge is 0.319 e. The van der Waals surface area contributed by atoms with Crippen LogP contribution in [0.25, 0.3) is 0 Å². The van der Waals surface area contributed by atoms with Crippen molar-refractivity contribution in [3.63, 3.8) is 0 Å². The van der Waals surface area contributed by atoms with Gasteiger partial charge in [-0.1, -0.05) is 30.3 Å². The van der Waals surface area contributed by atoms with E-state index in [1.165, 1.54) is 16.8 Å². The van der Waals surface area contributed by atoms with Crippen LogP contribution in [0.2, 0.25) is 0 Å². The molecule has 0 aromatic heterocycles. The Kier molecular flexibility index (Phi) is 5.69. The number of hydrogen-bond acceptors (Lipinski definition) is 5. The topological polar surface area (TPSA) is 66.1 Å². The van der Waals surface area contributed by atoms with Crippen LogP contribution in [0, 0.1) is 0 Å². The maximum absolute atomic E-state index is 12.7. The monoisotopic (exact) mass is 444 g/mol. The van der Waals surface area contributed by atoms with Crippen molar-refractivity contribution < 1.29 is 14.3 Å². The Hall–Kier alpha value is -3.87. The van der Waals surface area contributed by atoms with Crippen molar-refractivity contribution in [3.8, 4) is 11.5 Å². The number of nitrogens with one attached hydrogen (secondary N) is 2. The molecule has 2 amide bonds. The zero-order valence-corrected chi connectivity index (χ0v) is 18.9. The molecule has 0 saturated carbocycles. The van der Waals surface area contributed by atoms with Crippen LogP contribution in [0.4, 0.5) is 21.9 Å². The molecule has 0 saturated heterocycles. The first-order valence-electron chi connectivity index (χ1n) is 11.1. The van der Waals surface area contributed by atoms with Crippen LogP contribution in [-0.4, -0.2) is 40.0 Å². The van der Waals surface area contributed by atoms with E-state index in [2.05, 4.69) is 69.0 Å². The summed E-state index contributed by atoms with van der Waals surface area (Å²) in [5, 5.41) is 5.97. The summed E-state index contributed by atoms with van der Waals surface area (Å²) in [7, 11) is 4.07. The zero-order chi connectivity index (χ0) is 22.8. The molecule has 2 aliphatic rings. The van der Waals surface area contributed by atoms with E-state index in [9.17, 15) is 4.79 Å². The molecule has 0 bridgehead atoms. The summed E-state index contributed by atoms with van der Waals surface area (Å²) in [6, 6.07) is 22.2. The number of rotatable bonds is 6. The van der Waals surface area contributed by atoms with Crippen LogP contribution in [0.1, 0.15) is 17.2 Å². The molecule has 0 fully saturated rings. The van der Waals surface area contributed by atoms with E-state index in [1.54, 1.807) is 18.2 Å². The SMILES string of the molecule is CN(C)c1ccc([C@@H](CNC(=O)Nc2ccc3c(c2)OCO3)N2CCc3ccccc32)cc1. The summed E-state index contributed by atoms with van der Waals surface area (Å²) in [6.07, 6.45) is 1.01. The summed E-state index contributed by atoms with van der Waals surface area (Å²) < 4.78 is 10.7. The molecule has 2 heterocycles. The van der Waals surface area contributed by atoms with Gasteiger partial charge in [-0.25, -0.2) is 4.79 Å². The zero-order valence-electron chi connectivity index (χ0n) is 18.9. The third-order valence-electron chi connectivity index (χ3n) is 6.18. The number of para-hydroxylation sites is 1. The standard InChI is InChI=1S/C26H28N4O3/c1-29(2)21-10-7-19(8-11-21)23(30-14-13-18-5-3-4-6-22(18)30)16-27-26(31)28-20-9-12-24-25(15-20)33-17-32-24/h3-12,15,23H,13-14,16-17H2,1-2H3,(H2,27,28,31)/t23-/m1/s1. The van der Waals surface area contributed by atoms with Crippen LogP contribution in [0.5, 0.6) is 11.5 Å². The highest BCUT2D eigenvalue weighted by molar-refractivity contribution is 5.89. The third-order valence-corrected chi connectivity index (χ3v) is 6.18. The van der Waals surface area contributed by atoms with E-state index < -0.39 is 0 Å².